The van der Waals surface area contributed by atoms with Crippen LogP contribution in [0.15, 0.2) is 0 Å². The van der Waals surface area contributed by atoms with Gasteiger partial charge in [0.2, 0.25) is 0 Å². The first-order valence-electron chi connectivity index (χ1n) is 7.32. The Morgan fingerprint density at radius 1 is 0.875 bits per heavy atom. The molecule has 0 spiro atoms. The quantitative estimate of drug-likeness (QED) is 0.766. The highest BCUT2D eigenvalue weighted by Crippen LogP contribution is 2.36. The molecule has 2 fully saturated rings. The van der Waals surface area contributed by atoms with Gasteiger partial charge in [-0.15, -0.1) is 0 Å². The molecule has 1 heteroatoms. The fourth-order valence-electron chi connectivity index (χ4n) is 3.37. The van der Waals surface area contributed by atoms with Crippen molar-refractivity contribution in [2.45, 2.75) is 71.9 Å². The summed E-state index contributed by atoms with van der Waals surface area (Å²) in [7, 11) is 0. The van der Waals surface area contributed by atoms with Crippen LogP contribution in [0.25, 0.3) is 0 Å². The first-order valence-corrected chi connectivity index (χ1v) is 7.32. The van der Waals surface area contributed by atoms with Gasteiger partial charge in [0, 0.05) is 12.1 Å². The molecule has 0 aromatic heterocycles. The number of hydrogen-bond acceptors (Lipinski definition) is 1. The number of rotatable bonds is 3. The first-order chi connectivity index (χ1) is 7.56. The van der Waals surface area contributed by atoms with Crippen LogP contribution in [0.3, 0.4) is 0 Å². The molecule has 0 bridgehead atoms. The molecule has 94 valence electrons. The highest BCUT2D eigenvalue weighted by molar-refractivity contribution is 4.90. The number of hydrogen-bond donors (Lipinski definition) is 1. The maximum absolute atomic E-state index is 3.89. The summed E-state index contributed by atoms with van der Waals surface area (Å²) in [4.78, 5) is 0. The van der Waals surface area contributed by atoms with Gasteiger partial charge in [-0.2, -0.15) is 0 Å². The maximum Gasteiger partial charge on any atom is 0.00751 e. The SMILES string of the molecule is CC(C)C1CC(NC2CCC(C)C(C)C2)C1. The standard InChI is InChI=1S/C15H29N/c1-10(2)13-8-15(9-13)16-14-6-5-11(3)12(4)7-14/h10-16H,5-9H2,1-4H3. The van der Waals surface area contributed by atoms with Crippen molar-refractivity contribution < 1.29 is 0 Å². The van der Waals surface area contributed by atoms with Crippen molar-refractivity contribution in [1.29, 1.82) is 0 Å². The van der Waals surface area contributed by atoms with Crippen molar-refractivity contribution in [2.75, 3.05) is 0 Å². The molecule has 2 aliphatic rings. The van der Waals surface area contributed by atoms with E-state index in [4.69, 9.17) is 0 Å². The van der Waals surface area contributed by atoms with E-state index in [1.54, 1.807) is 0 Å². The van der Waals surface area contributed by atoms with Crippen molar-refractivity contribution in [3.63, 3.8) is 0 Å². The fourth-order valence-corrected chi connectivity index (χ4v) is 3.37. The Bertz CT molecular complexity index is 217. The molecule has 1 nitrogen and oxygen atoms in total. The summed E-state index contributed by atoms with van der Waals surface area (Å²) in [5, 5.41) is 3.89. The van der Waals surface area contributed by atoms with E-state index in [1.807, 2.05) is 0 Å². The Morgan fingerprint density at radius 2 is 1.56 bits per heavy atom. The largest absolute Gasteiger partial charge is 0.311 e. The smallest absolute Gasteiger partial charge is 0.00751 e. The van der Waals surface area contributed by atoms with Gasteiger partial charge in [-0.05, 0) is 55.8 Å². The summed E-state index contributed by atoms with van der Waals surface area (Å²) < 4.78 is 0. The van der Waals surface area contributed by atoms with Gasteiger partial charge in [0.15, 0.2) is 0 Å². The molecule has 1 N–H and O–H groups in total. The lowest BCUT2D eigenvalue weighted by Gasteiger charge is -2.43. The Labute approximate surface area is 101 Å². The van der Waals surface area contributed by atoms with E-state index in [-0.39, 0.29) is 0 Å². The van der Waals surface area contributed by atoms with E-state index >= 15 is 0 Å². The van der Waals surface area contributed by atoms with E-state index in [9.17, 15) is 0 Å². The molecular weight excluding hydrogens is 194 g/mol. The third kappa shape index (κ3) is 2.80. The maximum atomic E-state index is 3.89. The minimum absolute atomic E-state index is 0.823. The molecule has 3 unspecified atom stereocenters. The second-order valence-electron chi connectivity index (χ2n) is 6.80. The molecule has 0 saturated heterocycles. The van der Waals surface area contributed by atoms with Gasteiger partial charge < -0.3 is 5.32 Å². The second kappa shape index (κ2) is 5.08. The zero-order valence-corrected chi connectivity index (χ0v) is 11.5. The third-order valence-corrected chi connectivity index (χ3v) is 5.19. The lowest BCUT2D eigenvalue weighted by atomic mass is 9.72. The zero-order chi connectivity index (χ0) is 11.7. The summed E-state index contributed by atoms with van der Waals surface area (Å²) >= 11 is 0. The first kappa shape index (κ1) is 12.4. The van der Waals surface area contributed by atoms with Gasteiger partial charge in [-0.1, -0.05) is 27.7 Å². The van der Waals surface area contributed by atoms with Crippen LogP contribution >= 0.6 is 0 Å². The van der Waals surface area contributed by atoms with E-state index < -0.39 is 0 Å². The van der Waals surface area contributed by atoms with Gasteiger partial charge >= 0.3 is 0 Å². The molecule has 3 atom stereocenters. The Morgan fingerprint density at radius 3 is 2.12 bits per heavy atom. The van der Waals surface area contributed by atoms with Gasteiger partial charge in [0.05, 0.1) is 0 Å². The Hall–Kier alpha value is -0.0400. The third-order valence-electron chi connectivity index (χ3n) is 5.19. The van der Waals surface area contributed by atoms with Crippen LogP contribution in [-0.4, -0.2) is 12.1 Å². The average Bonchev–Trinajstić information content (AvgIpc) is 2.15. The molecule has 0 heterocycles. The van der Waals surface area contributed by atoms with Crippen molar-refractivity contribution in [2.24, 2.45) is 23.7 Å². The van der Waals surface area contributed by atoms with Crippen molar-refractivity contribution in [3.05, 3.63) is 0 Å². The topological polar surface area (TPSA) is 12.0 Å². The minimum Gasteiger partial charge on any atom is -0.311 e. The van der Waals surface area contributed by atoms with Gasteiger partial charge in [-0.25, -0.2) is 0 Å². The molecule has 0 aromatic carbocycles. The van der Waals surface area contributed by atoms with Crippen molar-refractivity contribution >= 4 is 0 Å². The van der Waals surface area contributed by atoms with E-state index in [1.165, 1.54) is 32.1 Å². The van der Waals surface area contributed by atoms with Crippen LogP contribution in [0.5, 0.6) is 0 Å². The normalized spacial score (nSPS) is 44.4. The van der Waals surface area contributed by atoms with Crippen LogP contribution in [0.2, 0.25) is 0 Å². The average molecular weight is 223 g/mol. The van der Waals surface area contributed by atoms with Crippen LogP contribution in [0.1, 0.15) is 59.8 Å². The molecular formula is C15H29N. The molecule has 0 aliphatic heterocycles. The predicted octanol–water partition coefficient (Wildman–Crippen LogP) is 3.84. The van der Waals surface area contributed by atoms with Crippen LogP contribution in [0.4, 0.5) is 0 Å². The Balaban J connectivity index is 1.68. The van der Waals surface area contributed by atoms with Crippen molar-refractivity contribution in [3.8, 4) is 0 Å². The number of nitrogens with one attached hydrogen (secondary N) is 1. The fraction of sp³-hybridized carbons (Fsp3) is 1.00. The lowest BCUT2D eigenvalue weighted by Crippen LogP contribution is -2.49. The van der Waals surface area contributed by atoms with E-state index in [0.717, 1.165) is 35.8 Å². The molecule has 2 rings (SSSR count). The summed E-state index contributed by atoms with van der Waals surface area (Å²) in [6, 6.07) is 1.67. The summed E-state index contributed by atoms with van der Waals surface area (Å²) in [5.41, 5.74) is 0. The second-order valence-corrected chi connectivity index (χ2v) is 6.80. The highest BCUT2D eigenvalue weighted by Gasteiger charge is 2.33. The predicted molar refractivity (Wildman–Crippen MR) is 70.5 cm³/mol. The summed E-state index contributed by atoms with van der Waals surface area (Å²) in [6.45, 7) is 9.58. The van der Waals surface area contributed by atoms with Gasteiger partial charge in [0.1, 0.15) is 0 Å². The van der Waals surface area contributed by atoms with E-state index in [0.29, 0.717) is 0 Å². The highest BCUT2D eigenvalue weighted by atomic mass is 15.0. The van der Waals surface area contributed by atoms with E-state index in [2.05, 4.69) is 33.0 Å². The van der Waals surface area contributed by atoms with Crippen LogP contribution in [-0.2, 0) is 0 Å². The molecule has 2 saturated carbocycles. The summed E-state index contributed by atoms with van der Waals surface area (Å²) in [5.74, 6) is 3.76. The summed E-state index contributed by atoms with van der Waals surface area (Å²) in [6.07, 6.45) is 7.10. The Kier molecular flexibility index (Phi) is 3.94. The zero-order valence-electron chi connectivity index (χ0n) is 11.5. The van der Waals surface area contributed by atoms with Gasteiger partial charge in [-0.3, -0.25) is 0 Å². The molecule has 16 heavy (non-hydrogen) atoms. The molecule has 0 radical (unpaired) electrons. The monoisotopic (exact) mass is 223 g/mol. The van der Waals surface area contributed by atoms with Crippen LogP contribution < -0.4 is 5.32 Å². The van der Waals surface area contributed by atoms with Gasteiger partial charge in [0.25, 0.3) is 0 Å². The van der Waals surface area contributed by atoms with Crippen molar-refractivity contribution in [1.82, 2.24) is 5.32 Å². The lowest BCUT2D eigenvalue weighted by molar-refractivity contribution is 0.132. The molecule has 0 amide bonds. The molecule has 0 aromatic rings. The molecule has 2 aliphatic carbocycles. The minimum atomic E-state index is 0.823. The van der Waals surface area contributed by atoms with Crippen LogP contribution in [0, 0.1) is 23.7 Å².